The second-order valence-corrected chi connectivity index (χ2v) is 9.54. The Kier molecular flexibility index (Phi) is 7.30. The van der Waals surface area contributed by atoms with Gasteiger partial charge in [-0.1, -0.05) is 18.5 Å². The lowest BCUT2D eigenvalue weighted by Gasteiger charge is -2.08. The number of nitrogens with one attached hydrogen (secondary N) is 2. The summed E-state index contributed by atoms with van der Waals surface area (Å²) in [6.45, 7) is 2.04. The molecule has 0 bridgehead atoms. The molecule has 0 atom stereocenters. The molecule has 2 aromatic carbocycles. The summed E-state index contributed by atoms with van der Waals surface area (Å²) >= 11 is 7.17. The molecule has 30 heavy (non-hydrogen) atoms. The second kappa shape index (κ2) is 9.92. The summed E-state index contributed by atoms with van der Waals surface area (Å²) in [6, 6.07) is 13.4. The van der Waals surface area contributed by atoms with Gasteiger partial charge in [-0.2, -0.15) is 0 Å². The highest BCUT2D eigenvalue weighted by Gasteiger charge is 2.12. The van der Waals surface area contributed by atoms with Crippen molar-refractivity contribution in [1.82, 2.24) is 4.98 Å². The van der Waals surface area contributed by atoms with Crippen molar-refractivity contribution in [3.8, 4) is 5.75 Å². The van der Waals surface area contributed by atoms with Gasteiger partial charge < -0.3 is 10.1 Å². The first-order valence-electron chi connectivity index (χ1n) is 9.09. The van der Waals surface area contributed by atoms with Crippen LogP contribution in [0.1, 0.15) is 28.8 Å². The molecular formula is C20H20ClN3O4S2. The van der Waals surface area contributed by atoms with Crippen molar-refractivity contribution < 1.29 is 17.9 Å². The van der Waals surface area contributed by atoms with E-state index in [0.29, 0.717) is 33.6 Å². The lowest BCUT2D eigenvalue weighted by atomic mass is 10.3. The topological polar surface area (TPSA) is 97.4 Å². The number of carbonyl (C=O) groups is 1. The Bertz CT molecular complexity index is 1100. The minimum absolute atomic E-state index is 0.0549. The average Bonchev–Trinajstić information content (AvgIpc) is 3.18. The molecule has 0 aliphatic heterocycles. The number of amides is 1. The zero-order chi connectivity index (χ0) is 21.6. The summed E-state index contributed by atoms with van der Waals surface area (Å²) in [5, 5.41) is 5.68. The molecule has 1 aromatic heterocycles. The maximum Gasteiger partial charge on any atom is 0.275 e. The number of nitrogens with zero attached hydrogens (tertiary/aromatic N) is 1. The Labute approximate surface area is 184 Å². The molecule has 1 heterocycles. The first-order chi connectivity index (χ1) is 14.3. The Morgan fingerprint density at radius 3 is 2.43 bits per heavy atom. The van der Waals surface area contributed by atoms with Gasteiger partial charge in [0.05, 0.1) is 5.75 Å². The number of anilines is 2. The number of benzene rings is 2. The number of aromatic nitrogens is 1. The molecule has 3 aromatic rings. The van der Waals surface area contributed by atoms with E-state index in [1.807, 2.05) is 0 Å². The molecule has 0 unspecified atom stereocenters. The Balaban J connectivity index is 1.55. The van der Waals surface area contributed by atoms with E-state index < -0.39 is 10.0 Å². The number of ether oxygens (including phenoxy) is 1. The van der Waals surface area contributed by atoms with E-state index in [1.54, 1.807) is 60.8 Å². The van der Waals surface area contributed by atoms with E-state index in [1.165, 1.54) is 11.3 Å². The minimum atomic E-state index is -3.35. The predicted molar refractivity (Wildman–Crippen MR) is 120 cm³/mol. The molecule has 0 radical (unpaired) electrons. The molecular weight excluding hydrogens is 446 g/mol. The highest BCUT2D eigenvalue weighted by Crippen LogP contribution is 2.20. The van der Waals surface area contributed by atoms with E-state index >= 15 is 0 Å². The lowest BCUT2D eigenvalue weighted by Crippen LogP contribution is -2.16. The van der Waals surface area contributed by atoms with Crippen molar-refractivity contribution >= 4 is 50.2 Å². The molecule has 0 fully saturated rings. The SMILES string of the molecule is CCCS(=O)(=O)Nc1ccc(NC(=O)c2csc(COc3ccc(Cl)cc3)n2)cc1. The molecule has 3 rings (SSSR count). The monoisotopic (exact) mass is 465 g/mol. The van der Waals surface area contributed by atoms with Gasteiger partial charge in [-0.05, 0) is 55.0 Å². The Morgan fingerprint density at radius 1 is 1.10 bits per heavy atom. The van der Waals surface area contributed by atoms with Crippen LogP contribution < -0.4 is 14.8 Å². The van der Waals surface area contributed by atoms with Gasteiger partial charge >= 0.3 is 0 Å². The number of carbonyl (C=O) groups excluding carboxylic acids is 1. The highest BCUT2D eigenvalue weighted by molar-refractivity contribution is 7.92. The van der Waals surface area contributed by atoms with Gasteiger partial charge in [-0.15, -0.1) is 11.3 Å². The summed E-state index contributed by atoms with van der Waals surface area (Å²) in [4.78, 5) is 16.7. The van der Waals surface area contributed by atoms with Crippen molar-refractivity contribution in [2.75, 3.05) is 15.8 Å². The molecule has 0 aliphatic rings. The third-order valence-electron chi connectivity index (χ3n) is 3.85. The third-order valence-corrected chi connectivity index (χ3v) is 6.42. The summed E-state index contributed by atoms with van der Waals surface area (Å²) in [5.41, 5.74) is 1.25. The second-order valence-electron chi connectivity index (χ2n) is 6.32. The van der Waals surface area contributed by atoms with Crippen LogP contribution >= 0.6 is 22.9 Å². The summed E-state index contributed by atoms with van der Waals surface area (Å²) in [5.74, 6) is 0.359. The van der Waals surface area contributed by atoms with E-state index in [9.17, 15) is 13.2 Å². The van der Waals surface area contributed by atoms with Crippen molar-refractivity contribution in [1.29, 1.82) is 0 Å². The van der Waals surface area contributed by atoms with E-state index in [-0.39, 0.29) is 24.0 Å². The van der Waals surface area contributed by atoms with Crippen LogP contribution in [-0.4, -0.2) is 25.1 Å². The maximum absolute atomic E-state index is 12.4. The molecule has 0 spiro atoms. The van der Waals surface area contributed by atoms with Gasteiger partial charge in [-0.3, -0.25) is 9.52 Å². The van der Waals surface area contributed by atoms with Crippen LogP contribution in [0.5, 0.6) is 5.75 Å². The van der Waals surface area contributed by atoms with Gasteiger partial charge in [-0.25, -0.2) is 13.4 Å². The van der Waals surface area contributed by atoms with Gasteiger partial charge in [0.15, 0.2) is 0 Å². The molecule has 0 saturated carbocycles. The van der Waals surface area contributed by atoms with Crippen LogP contribution in [0.15, 0.2) is 53.9 Å². The molecule has 10 heteroatoms. The zero-order valence-corrected chi connectivity index (χ0v) is 18.5. The number of halogens is 1. The average molecular weight is 466 g/mol. The van der Waals surface area contributed by atoms with E-state index in [4.69, 9.17) is 16.3 Å². The number of hydrogen-bond donors (Lipinski definition) is 2. The minimum Gasteiger partial charge on any atom is -0.486 e. The highest BCUT2D eigenvalue weighted by atomic mass is 35.5. The smallest absolute Gasteiger partial charge is 0.275 e. The summed E-state index contributed by atoms with van der Waals surface area (Å²) in [7, 11) is -3.35. The van der Waals surface area contributed by atoms with Gasteiger partial charge in [0.25, 0.3) is 5.91 Å². The molecule has 0 saturated heterocycles. The quantitative estimate of drug-likeness (QED) is 0.474. The van der Waals surface area contributed by atoms with Crippen LogP contribution in [0.2, 0.25) is 5.02 Å². The molecule has 2 N–H and O–H groups in total. The molecule has 0 aliphatic carbocycles. The van der Waals surface area contributed by atoms with Gasteiger partial charge in [0.1, 0.15) is 23.1 Å². The van der Waals surface area contributed by atoms with Crippen LogP contribution in [0, 0.1) is 0 Å². The van der Waals surface area contributed by atoms with Crippen molar-refractivity contribution in [2.45, 2.75) is 20.0 Å². The number of rotatable bonds is 9. The van der Waals surface area contributed by atoms with Crippen molar-refractivity contribution in [3.05, 3.63) is 69.6 Å². The standard InChI is InChI=1S/C20H20ClN3O4S2/c1-2-11-30(26,27)24-16-7-5-15(6-8-16)22-20(25)18-13-29-19(23-18)12-28-17-9-3-14(21)4-10-17/h3-10,13,24H,2,11-12H2,1H3,(H,22,25). The van der Waals surface area contributed by atoms with Gasteiger partial charge in [0, 0.05) is 21.8 Å². The molecule has 158 valence electrons. The third kappa shape index (κ3) is 6.45. The van der Waals surface area contributed by atoms with Crippen molar-refractivity contribution in [2.24, 2.45) is 0 Å². The van der Waals surface area contributed by atoms with Crippen LogP contribution in [0.25, 0.3) is 0 Å². The van der Waals surface area contributed by atoms with Crippen LogP contribution in [-0.2, 0) is 16.6 Å². The molecule has 1 amide bonds. The maximum atomic E-state index is 12.4. The Hall–Kier alpha value is -2.62. The van der Waals surface area contributed by atoms with Crippen LogP contribution in [0.4, 0.5) is 11.4 Å². The fourth-order valence-corrected chi connectivity index (χ4v) is 4.42. The fraction of sp³-hybridized carbons (Fsp3) is 0.200. The largest absolute Gasteiger partial charge is 0.486 e. The fourth-order valence-electron chi connectivity index (χ4n) is 2.47. The van der Waals surface area contributed by atoms with Gasteiger partial charge in [0.2, 0.25) is 10.0 Å². The normalized spacial score (nSPS) is 11.1. The summed E-state index contributed by atoms with van der Waals surface area (Å²) in [6.07, 6.45) is 0.532. The first kappa shape index (κ1) is 22.1. The summed E-state index contributed by atoms with van der Waals surface area (Å²) < 4.78 is 31.7. The van der Waals surface area contributed by atoms with E-state index in [2.05, 4.69) is 15.0 Å². The lowest BCUT2D eigenvalue weighted by molar-refractivity contribution is 0.102. The number of thiazole rings is 1. The number of hydrogen-bond acceptors (Lipinski definition) is 6. The first-order valence-corrected chi connectivity index (χ1v) is 12.0. The molecule has 7 nitrogen and oxygen atoms in total. The number of sulfonamides is 1. The predicted octanol–water partition coefficient (Wildman–Crippen LogP) is 4.78. The Morgan fingerprint density at radius 2 is 1.77 bits per heavy atom. The zero-order valence-electron chi connectivity index (χ0n) is 16.1. The van der Waals surface area contributed by atoms with Crippen LogP contribution in [0.3, 0.4) is 0 Å². The van der Waals surface area contributed by atoms with E-state index in [0.717, 1.165) is 0 Å². The van der Waals surface area contributed by atoms with Crippen molar-refractivity contribution in [3.63, 3.8) is 0 Å².